The number of nitrogens with two attached hydrogens (primary N) is 1. The van der Waals surface area contributed by atoms with Crippen LogP contribution in [0.4, 0.5) is 0 Å². The van der Waals surface area contributed by atoms with Gasteiger partial charge >= 0.3 is 0 Å². The van der Waals surface area contributed by atoms with E-state index in [0.717, 1.165) is 6.42 Å². The first kappa shape index (κ1) is 13.4. The van der Waals surface area contributed by atoms with Crippen LogP contribution in [0.2, 0.25) is 0 Å². The van der Waals surface area contributed by atoms with Gasteiger partial charge in [-0.1, -0.05) is 30.7 Å². The second-order valence-electron chi connectivity index (χ2n) is 4.35. The Balaban J connectivity index is 2.65. The van der Waals surface area contributed by atoms with Gasteiger partial charge in [0.1, 0.15) is 0 Å². The first-order valence-corrected chi connectivity index (χ1v) is 7.18. The van der Waals surface area contributed by atoms with Crippen LogP contribution in [-0.4, -0.2) is 16.0 Å². The molecule has 1 aromatic carbocycles. The minimum Gasteiger partial charge on any atom is -0.327 e. The molecule has 0 heterocycles. The second kappa shape index (κ2) is 6.16. The van der Waals surface area contributed by atoms with Gasteiger partial charge in [-0.05, 0) is 31.4 Å². The van der Waals surface area contributed by atoms with E-state index in [9.17, 15) is 4.21 Å². The summed E-state index contributed by atoms with van der Waals surface area (Å²) in [6.45, 7) is 6.15. The molecule has 0 radical (unpaired) electrons. The van der Waals surface area contributed by atoms with Gasteiger partial charge in [-0.3, -0.25) is 4.21 Å². The van der Waals surface area contributed by atoms with Gasteiger partial charge in [0.2, 0.25) is 0 Å². The molecule has 0 aliphatic heterocycles. The highest BCUT2D eigenvalue weighted by atomic mass is 32.2. The van der Waals surface area contributed by atoms with Crippen LogP contribution in [0.1, 0.15) is 30.0 Å². The lowest BCUT2D eigenvalue weighted by Gasteiger charge is -2.10. The summed E-state index contributed by atoms with van der Waals surface area (Å²) in [5, 5.41) is 0. The first-order chi connectivity index (χ1) is 7.52. The van der Waals surface area contributed by atoms with Crippen molar-refractivity contribution in [2.75, 3.05) is 5.75 Å². The molecular formula is C13H21NOS. The molecule has 0 amide bonds. The number of hydrogen-bond acceptors (Lipinski definition) is 2. The standard InChI is InChI=1S/C13H21NOS/c1-4-13(14)9-16(15)8-12-7-10(2)5-6-11(12)3/h5-7,13H,4,8-9,14H2,1-3H3. The van der Waals surface area contributed by atoms with E-state index in [-0.39, 0.29) is 6.04 Å². The predicted octanol–water partition coefficient (Wildman–Crippen LogP) is 2.29. The van der Waals surface area contributed by atoms with Gasteiger partial charge < -0.3 is 5.73 Å². The molecule has 2 nitrogen and oxygen atoms in total. The molecule has 2 unspecified atom stereocenters. The fourth-order valence-electron chi connectivity index (χ4n) is 1.54. The maximum absolute atomic E-state index is 11.9. The molecule has 0 fully saturated rings. The molecule has 0 saturated carbocycles. The lowest BCUT2D eigenvalue weighted by Crippen LogP contribution is -2.26. The molecule has 2 N–H and O–H groups in total. The zero-order valence-corrected chi connectivity index (χ0v) is 11.1. The van der Waals surface area contributed by atoms with Crippen LogP contribution in [-0.2, 0) is 16.6 Å². The molecule has 2 atom stereocenters. The average Bonchev–Trinajstić information content (AvgIpc) is 2.23. The van der Waals surface area contributed by atoms with E-state index < -0.39 is 10.8 Å². The van der Waals surface area contributed by atoms with Gasteiger partial charge in [-0.15, -0.1) is 0 Å². The van der Waals surface area contributed by atoms with Crippen molar-refractivity contribution in [1.29, 1.82) is 0 Å². The Morgan fingerprint density at radius 3 is 2.69 bits per heavy atom. The maximum atomic E-state index is 11.9. The van der Waals surface area contributed by atoms with Crippen molar-refractivity contribution in [2.24, 2.45) is 5.73 Å². The molecule has 1 rings (SSSR count). The lowest BCUT2D eigenvalue weighted by atomic mass is 10.1. The minimum absolute atomic E-state index is 0.0611. The van der Waals surface area contributed by atoms with E-state index in [1.807, 2.05) is 6.92 Å². The molecule has 0 saturated heterocycles. The Morgan fingerprint density at radius 1 is 1.38 bits per heavy atom. The fraction of sp³-hybridized carbons (Fsp3) is 0.538. The Hall–Kier alpha value is -0.670. The summed E-state index contributed by atoms with van der Waals surface area (Å²) in [5.41, 5.74) is 9.42. The summed E-state index contributed by atoms with van der Waals surface area (Å²) in [6.07, 6.45) is 0.887. The zero-order chi connectivity index (χ0) is 12.1. The van der Waals surface area contributed by atoms with E-state index in [1.54, 1.807) is 0 Å². The number of hydrogen-bond donors (Lipinski definition) is 1. The van der Waals surface area contributed by atoms with Crippen LogP contribution < -0.4 is 5.73 Å². The van der Waals surface area contributed by atoms with Crippen LogP contribution in [0.3, 0.4) is 0 Å². The van der Waals surface area contributed by atoms with Crippen molar-refractivity contribution in [1.82, 2.24) is 0 Å². The highest BCUT2D eigenvalue weighted by Gasteiger charge is 2.08. The molecule has 0 bridgehead atoms. The lowest BCUT2D eigenvalue weighted by molar-refractivity contribution is 0.663. The van der Waals surface area contributed by atoms with Crippen molar-refractivity contribution < 1.29 is 4.21 Å². The molecule has 3 heteroatoms. The molecule has 0 aromatic heterocycles. The maximum Gasteiger partial charge on any atom is 0.0488 e. The zero-order valence-electron chi connectivity index (χ0n) is 10.3. The van der Waals surface area contributed by atoms with Crippen LogP contribution in [0.15, 0.2) is 18.2 Å². The fourth-order valence-corrected chi connectivity index (χ4v) is 3.03. The van der Waals surface area contributed by atoms with Crippen LogP contribution in [0, 0.1) is 13.8 Å². The van der Waals surface area contributed by atoms with Crippen molar-refractivity contribution >= 4 is 10.8 Å². The molecule has 16 heavy (non-hydrogen) atoms. The molecular weight excluding hydrogens is 218 g/mol. The van der Waals surface area contributed by atoms with Crippen molar-refractivity contribution in [3.8, 4) is 0 Å². The normalized spacial score (nSPS) is 14.8. The van der Waals surface area contributed by atoms with Gasteiger partial charge in [0.25, 0.3) is 0 Å². The van der Waals surface area contributed by atoms with Crippen LogP contribution in [0.5, 0.6) is 0 Å². The summed E-state index contributed by atoms with van der Waals surface area (Å²) in [6, 6.07) is 6.34. The van der Waals surface area contributed by atoms with Gasteiger partial charge in [-0.2, -0.15) is 0 Å². The third kappa shape index (κ3) is 4.06. The Bertz CT molecular complexity index is 376. The number of rotatable bonds is 5. The molecule has 90 valence electrons. The van der Waals surface area contributed by atoms with E-state index >= 15 is 0 Å². The van der Waals surface area contributed by atoms with Crippen molar-refractivity contribution in [3.63, 3.8) is 0 Å². The van der Waals surface area contributed by atoms with Gasteiger partial charge in [0.05, 0.1) is 0 Å². The third-order valence-electron chi connectivity index (χ3n) is 2.75. The number of benzene rings is 1. The molecule has 0 spiro atoms. The summed E-state index contributed by atoms with van der Waals surface area (Å²) < 4.78 is 11.9. The Labute approximate surface area is 101 Å². The largest absolute Gasteiger partial charge is 0.327 e. The summed E-state index contributed by atoms with van der Waals surface area (Å²) in [5.74, 6) is 1.23. The summed E-state index contributed by atoms with van der Waals surface area (Å²) in [7, 11) is -0.845. The monoisotopic (exact) mass is 239 g/mol. The quantitative estimate of drug-likeness (QED) is 0.856. The highest BCUT2D eigenvalue weighted by molar-refractivity contribution is 7.84. The van der Waals surface area contributed by atoms with Crippen LogP contribution in [0.25, 0.3) is 0 Å². The SMILES string of the molecule is CCC(N)CS(=O)Cc1cc(C)ccc1C. The molecule has 1 aromatic rings. The number of aryl methyl sites for hydroxylation is 2. The summed E-state index contributed by atoms with van der Waals surface area (Å²) in [4.78, 5) is 0. The van der Waals surface area contributed by atoms with E-state index in [2.05, 4.69) is 32.0 Å². The average molecular weight is 239 g/mol. The van der Waals surface area contributed by atoms with E-state index in [4.69, 9.17) is 5.73 Å². The van der Waals surface area contributed by atoms with Crippen molar-refractivity contribution in [3.05, 3.63) is 34.9 Å². The highest BCUT2D eigenvalue weighted by Crippen LogP contribution is 2.13. The van der Waals surface area contributed by atoms with Gasteiger partial charge in [-0.25, -0.2) is 0 Å². The van der Waals surface area contributed by atoms with Gasteiger partial charge in [0, 0.05) is 28.3 Å². The third-order valence-corrected chi connectivity index (χ3v) is 4.18. The van der Waals surface area contributed by atoms with Crippen LogP contribution >= 0.6 is 0 Å². The predicted molar refractivity (Wildman–Crippen MR) is 70.9 cm³/mol. The topological polar surface area (TPSA) is 43.1 Å². The Morgan fingerprint density at radius 2 is 2.06 bits per heavy atom. The van der Waals surface area contributed by atoms with Gasteiger partial charge in [0.15, 0.2) is 0 Å². The first-order valence-electron chi connectivity index (χ1n) is 5.69. The Kier molecular flexibility index (Phi) is 5.16. The van der Waals surface area contributed by atoms with E-state index in [1.165, 1.54) is 16.7 Å². The smallest absolute Gasteiger partial charge is 0.0488 e. The minimum atomic E-state index is -0.845. The molecule has 0 aliphatic carbocycles. The van der Waals surface area contributed by atoms with E-state index in [0.29, 0.717) is 11.5 Å². The summed E-state index contributed by atoms with van der Waals surface area (Å²) >= 11 is 0. The molecule has 0 aliphatic rings. The second-order valence-corrected chi connectivity index (χ2v) is 5.85. The van der Waals surface area contributed by atoms with Crippen molar-refractivity contribution in [2.45, 2.75) is 39.0 Å².